The Morgan fingerprint density at radius 1 is 1.17 bits per heavy atom. The summed E-state index contributed by atoms with van der Waals surface area (Å²) in [5, 5.41) is 15.1. The molecule has 0 unspecified atom stereocenters. The third kappa shape index (κ3) is 6.58. The summed E-state index contributed by atoms with van der Waals surface area (Å²) in [5.41, 5.74) is 3.11. The summed E-state index contributed by atoms with van der Waals surface area (Å²) < 4.78 is 7.97. The molecular weight excluding hydrogens is 491 g/mol. The van der Waals surface area contributed by atoms with Gasteiger partial charge in [-0.2, -0.15) is 0 Å². The van der Waals surface area contributed by atoms with Crippen molar-refractivity contribution in [3.63, 3.8) is 0 Å². The molecule has 162 valence electrons. The smallest absolute Gasteiger partial charge is 0.191 e. The number of pyridine rings is 1. The summed E-state index contributed by atoms with van der Waals surface area (Å²) in [6.07, 6.45) is 2.86. The van der Waals surface area contributed by atoms with E-state index in [0.29, 0.717) is 13.1 Å². The molecule has 8 heteroatoms. The molecule has 0 fully saturated rings. The molecule has 0 aliphatic rings. The van der Waals surface area contributed by atoms with Gasteiger partial charge in [0.15, 0.2) is 11.6 Å². The number of hydrogen-bond acceptors (Lipinski definition) is 4. The van der Waals surface area contributed by atoms with Crippen molar-refractivity contribution in [2.45, 2.75) is 46.8 Å². The molecule has 0 aliphatic heterocycles. The van der Waals surface area contributed by atoms with E-state index >= 15 is 0 Å². The van der Waals surface area contributed by atoms with E-state index in [9.17, 15) is 0 Å². The van der Waals surface area contributed by atoms with Crippen molar-refractivity contribution < 1.29 is 4.74 Å². The fraction of sp³-hybridized carbons (Fsp3) is 0.409. The van der Waals surface area contributed by atoms with Crippen LogP contribution in [0.1, 0.15) is 37.7 Å². The second-order valence-corrected chi connectivity index (χ2v) is 7.19. The standard InChI is InChI=1S/C22H30N6O.HI/c1-5-23-22(24-12-11-21-27-26-20-8-6-7-13-28(20)21)25-15-18-10-9-17(4)14-19(18)29-16(2)3;/h6-10,13-14,16H,5,11-12,15H2,1-4H3,(H2,23,24,25);1H. The number of aryl methyl sites for hydroxylation is 1. The van der Waals surface area contributed by atoms with E-state index in [1.807, 2.05) is 42.6 Å². The highest BCUT2D eigenvalue weighted by Crippen LogP contribution is 2.22. The number of benzene rings is 1. The van der Waals surface area contributed by atoms with Crippen LogP contribution in [0.4, 0.5) is 0 Å². The van der Waals surface area contributed by atoms with Crippen LogP contribution < -0.4 is 15.4 Å². The van der Waals surface area contributed by atoms with Gasteiger partial charge < -0.3 is 15.4 Å². The maximum atomic E-state index is 5.96. The zero-order chi connectivity index (χ0) is 20.6. The Labute approximate surface area is 195 Å². The summed E-state index contributed by atoms with van der Waals surface area (Å²) in [6, 6.07) is 12.1. The molecule has 2 N–H and O–H groups in total. The first kappa shape index (κ1) is 23.9. The molecule has 0 aliphatic carbocycles. The van der Waals surface area contributed by atoms with Crippen molar-refractivity contribution in [1.29, 1.82) is 0 Å². The minimum Gasteiger partial charge on any atom is -0.491 e. The van der Waals surface area contributed by atoms with Gasteiger partial charge in [0.25, 0.3) is 0 Å². The third-order valence-electron chi connectivity index (χ3n) is 4.36. The van der Waals surface area contributed by atoms with Crippen molar-refractivity contribution in [2.75, 3.05) is 13.1 Å². The highest BCUT2D eigenvalue weighted by Gasteiger charge is 2.08. The first-order valence-electron chi connectivity index (χ1n) is 10.1. The number of hydrogen-bond donors (Lipinski definition) is 2. The average molecular weight is 522 g/mol. The lowest BCUT2D eigenvalue weighted by molar-refractivity contribution is 0.240. The number of fused-ring (bicyclic) bond motifs is 1. The van der Waals surface area contributed by atoms with Gasteiger partial charge >= 0.3 is 0 Å². The molecule has 0 atom stereocenters. The van der Waals surface area contributed by atoms with E-state index in [4.69, 9.17) is 9.73 Å². The SMILES string of the molecule is CCNC(=NCc1ccc(C)cc1OC(C)C)NCCc1nnc2ccccn12.I. The summed E-state index contributed by atoms with van der Waals surface area (Å²) in [6.45, 7) is 10.3. The van der Waals surface area contributed by atoms with E-state index < -0.39 is 0 Å². The van der Waals surface area contributed by atoms with Crippen molar-refractivity contribution in [1.82, 2.24) is 25.2 Å². The fourth-order valence-electron chi connectivity index (χ4n) is 3.02. The zero-order valence-electron chi connectivity index (χ0n) is 18.1. The monoisotopic (exact) mass is 522 g/mol. The van der Waals surface area contributed by atoms with Gasteiger partial charge in [-0.15, -0.1) is 34.2 Å². The molecule has 0 radical (unpaired) electrons. The average Bonchev–Trinajstić information content (AvgIpc) is 3.10. The van der Waals surface area contributed by atoms with Crippen LogP contribution >= 0.6 is 24.0 Å². The van der Waals surface area contributed by atoms with Crippen molar-refractivity contribution in [3.05, 3.63) is 59.5 Å². The highest BCUT2D eigenvalue weighted by molar-refractivity contribution is 14.0. The predicted octanol–water partition coefficient (Wildman–Crippen LogP) is 3.74. The van der Waals surface area contributed by atoms with Gasteiger partial charge in [0, 0.05) is 31.3 Å². The van der Waals surface area contributed by atoms with Crippen LogP contribution in [0.2, 0.25) is 0 Å². The van der Waals surface area contributed by atoms with Crippen molar-refractivity contribution in [3.8, 4) is 5.75 Å². The molecule has 7 nitrogen and oxygen atoms in total. The molecule has 0 bridgehead atoms. The number of aromatic nitrogens is 3. The Morgan fingerprint density at radius 2 is 2.00 bits per heavy atom. The topological polar surface area (TPSA) is 75.8 Å². The fourth-order valence-corrected chi connectivity index (χ4v) is 3.02. The van der Waals surface area contributed by atoms with E-state index in [1.54, 1.807) is 0 Å². The minimum atomic E-state index is 0. The van der Waals surface area contributed by atoms with Crippen LogP contribution in [0.3, 0.4) is 0 Å². The lowest BCUT2D eigenvalue weighted by Gasteiger charge is -2.15. The Kier molecular flexibility index (Phi) is 9.35. The number of nitrogens with one attached hydrogen (secondary N) is 2. The van der Waals surface area contributed by atoms with Gasteiger partial charge in [-0.3, -0.25) is 4.40 Å². The van der Waals surface area contributed by atoms with E-state index in [1.165, 1.54) is 5.56 Å². The molecule has 2 heterocycles. The van der Waals surface area contributed by atoms with Crippen LogP contribution in [0.5, 0.6) is 5.75 Å². The summed E-state index contributed by atoms with van der Waals surface area (Å²) in [4.78, 5) is 4.73. The highest BCUT2D eigenvalue weighted by atomic mass is 127. The molecule has 2 aromatic heterocycles. The number of rotatable bonds is 8. The summed E-state index contributed by atoms with van der Waals surface area (Å²) in [5.74, 6) is 2.60. The lowest BCUT2D eigenvalue weighted by Crippen LogP contribution is -2.38. The number of nitrogens with zero attached hydrogens (tertiary/aromatic N) is 4. The van der Waals surface area contributed by atoms with E-state index in [0.717, 1.165) is 41.7 Å². The predicted molar refractivity (Wildman–Crippen MR) is 132 cm³/mol. The number of aliphatic imine (C=N–C) groups is 1. The number of guanidine groups is 1. The van der Waals surface area contributed by atoms with Crippen molar-refractivity contribution in [2.24, 2.45) is 4.99 Å². The van der Waals surface area contributed by atoms with Gasteiger partial charge in [0.1, 0.15) is 11.6 Å². The van der Waals surface area contributed by atoms with Crippen LogP contribution in [0.25, 0.3) is 5.65 Å². The molecule has 0 saturated heterocycles. The quantitative estimate of drug-likeness (QED) is 0.268. The van der Waals surface area contributed by atoms with Gasteiger partial charge in [0.2, 0.25) is 0 Å². The molecule has 0 spiro atoms. The maximum absolute atomic E-state index is 5.96. The van der Waals surface area contributed by atoms with E-state index in [-0.39, 0.29) is 30.1 Å². The van der Waals surface area contributed by atoms with Crippen LogP contribution in [-0.2, 0) is 13.0 Å². The maximum Gasteiger partial charge on any atom is 0.191 e. The zero-order valence-corrected chi connectivity index (χ0v) is 20.4. The lowest BCUT2D eigenvalue weighted by atomic mass is 10.1. The van der Waals surface area contributed by atoms with Gasteiger partial charge in [0.05, 0.1) is 12.6 Å². The molecule has 0 saturated carbocycles. The Hall–Kier alpha value is -2.36. The molecule has 3 aromatic rings. The Balaban J connectivity index is 0.00000320. The van der Waals surface area contributed by atoms with Crippen LogP contribution in [-0.4, -0.2) is 39.8 Å². The second kappa shape index (κ2) is 11.7. The van der Waals surface area contributed by atoms with Gasteiger partial charge in [-0.25, -0.2) is 4.99 Å². The molecule has 3 rings (SSSR count). The second-order valence-electron chi connectivity index (χ2n) is 7.19. The molecule has 30 heavy (non-hydrogen) atoms. The Bertz CT molecular complexity index is 969. The molecule has 1 aromatic carbocycles. The Morgan fingerprint density at radius 3 is 2.77 bits per heavy atom. The minimum absolute atomic E-state index is 0. The molecular formula is C22H31IN6O. The largest absolute Gasteiger partial charge is 0.491 e. The van der Waals surface area contributed by atoms with Crippen molar-refractivity contribution >= 4 is 35.6 Å². The first-order chi connectivity index (χ1) is 14.1. The van der Waals surface area contributed by atoms with Gasteiger partial charge in [-0.05, 0) is 51.5 Å². The first-order valence-corrected chi connectivity index (χ1v) is 10.1. The normalized spacial score (nSPS) is 11.4. The summed E-state index contributed by atoms with van der Waals surface area (Å²) >= 11 is 0. The number of ether oxygens (including phenoxy) is 1. The van der Waals surface area contributed by atoms with E-state index in [2.05, 4.69) is 52.9 Å². The van der Waals surface area contributed by atoms with Gasteiger partial charge in [-0.1, -0.05) is 18.2 Å². The molecule has 0 amide bonds. The van der Waals surface area contributed by atoms with Crippen LogP contribution in [0.15, 0.2) is 47.6 Å². The van der Waals surface area contributed by atoms with Crippen LogP contribution in [0, 0.1) is 6.92 Å². The third-order valence-corrected chi connectivity index (χ3v) is 4.36. The summed E-state index contributed by atoms with van der Waals surface area (Å²) in [7, 11) is 0. The number of halogens is 1.